The lowest BCUT2D eigenvalue weighted by Gasteiger charge is -2.12. The van der Waals surface area contributed by atoms with Crippen LogP contribution < -0.4 is 10.1 Å². The van der Waals surface area contributed by atoms with Gasteiger partial charge in [0.2, 0.25) is 0 Å². The number of alkyl halides is 3. The van der Waals surface area contributed by atoms with E-state index in [0.717, 1.165) is 23.6 Å². The second kappa shape index (κ2) is 9.01. The molecule has 1 amide bonds. The van der Waals surface area contributed by atoms with Gasteiger partial charge < -0.3 is 19.2 Å². The highest BCUT2D eigenvalue weighted by Crippen LogP contribution is 2.40. The van der Waals surface area contributed by atoms with Gasteiger partial charge in [-0.3, -0.25) is 0 Å². The fourth-order valence-corrected chi connectivity index (χ4v) is 4.86. The zero-order chi connectivity index (χ0) is 24.9. The summed E-state index contributed by atoms with van der Waals surface area (Å²) in [5, 5.41) is 11.9. The molecule has 3 aromatic heterocycles. The Morgan fingerprint density at radius 1 is 1.11 bits per heavy atom. The van der Waals surface area contributed by atoms with Crippen LogP contribution in [0.1, 0.15) is 5.56 Å². The van der Waals surface area contributed by atoms with Gasteiger partial charge in [0.1, 0.15) is 35.7 Å². The molecule has 1 N–H and O–H groups in total. The first kappa shape index (κ1) is 23.9. The largest absolute Gasteiger partial charge is 0.490 e. The number of imidazole rings is 1. The Bertz CT molecular complexity index is 1460. The molecule has 4 heterocycles. The lowest BCUT2D eigenvalue weighted by molar-refractivity contribution is -0.137. The van der Waals surface area contributed by atoms with E-state index in [9.17, 15) is 18.0 Å². The smallest absolute Gasteiger partial charge is 0.417 e. The highest BCUT2D eigenvalue weighted by Gasteiger charge is 2.32. The lowest BCUT2D eigenvalue weighted by Crippen LogP contribution is -2.32. The Kier molecular flexibility index (Phi) is 6.16. The number of pyridine rings is 1. The maximum atomic E-state index is 13.1. The molecular formula is C20H11Cl3F3N5O3S. The molecule has 0 bridgehead atoms. The second-order valence-corrected chi connectivity index (χ2v) is 9.56. The number of cyclic esters (lactones) is 1. The normalized spacial score (nSPS) is 15.9. The number of nitrogens with one attached hydrogen (secondary N) is 1. The second-order valence-electron chi connectivity index (χ2n) is 7.36. The standard InChI is InChI=1S/C20H11Cl3F3N5O3S/c21-11-3-15(33-6-9-7-34-19(32)27-9)12(22)2-10(11)17-29-30-18(35-17)14-5-31-4-8(20(24,25)26)1-13(23)16(31)28-14/h1-5,9H,6-7H2,(H,27,32). The first-order valence-electron chi connectivity index (χ1n) is 9.73. The van der Waals surface area contributed by atoms with Crippen LogP contribution in [0.5, 0.6) is 5.75 Å². The van der Waals surface area contributed by atoms with Gasteiger partial charge in [-0.25, -0.2) is 9.78 Å². The van der Waals surface area contributed by atoms with Gasteiger partial charge in [-0.05, 0) is 12.1 Å². The summed E-state index contributed by atoms with van der Waals surface area (Å²) in [5.41, 5.74) is 0.0192. The molecule has 1 atom stereocenters. The van der Waals surface area contributed by atoms with Gasteiger partial charge in [0, 0.05) is 24.0 Å². The molecule has 4 aromatic rings. The van der Waals surface area contributed by atoms with E-state index < -0.39 is 17.8 Å². The number of alkyl carbamates (subject to hydrolysis) is 1. The summed E-state index contributed by atoms with van der Waals surface area (Å²) in [7, 11) is 0. The molecule has 15 heteroatoms. The van der Waals surface area contributed by atoms with E-state index in [1.807, 2.05) is 0 Å². The van der Waals surface area contributed by atoms with E-state index in [1.54, 1.807) is 6.07 Å². The number of nitrogens with zero attached hydrogens (tertiary/aromatic N) is 4. The van der Waals surface area contributed by atoms with Crippen molar-refractivity contribution in [2.45, 2.75) is 12.2 Å². The summed E-state index contributed by atoms with van der Waals surface area (Å²) in [6.07, 6.45) is -2.78. The van der Waals surface area contributed by atoms with Crippen molar-refractivity contribution < 1.29 is 27.4 Å². The van der Waals surface area contributed by atoms with Crippen molar-refractivity contribution in [3.63, 3.8) is 0 Å². The SMILES string of the molecule is O=C1NC(COc2cc(Cl)c(-c3nnc(-c4cn5cc(C(F)(F)F)cc(Cl)c5n4)s3)cc2Cl)CO1. The van der Waals surface area contributed by atoms with E-state index in [1.165, 1.54) is 16.7 Å². The minimum atomic E-state index is -4.55. The average molecular weight is 565 g/mol. The van der Waals surface area contributed by atoms with Crippen molar-refractivity contribution in [3.8, 4) is 27.0 Å². The van der Waals surface area contributed by atoms with Crippen LogP contribution in [0.25, 0.3) is 26.9 Å². The first-order valence-corrected chi connectivity index (χ1v) is 11.7. The number of amides is 1. The highest BCUT2D eigenvalue weighted by molar-refractivity contribution is 7.18. The van der Waals surface area contributed by atoms with Crippen LogP contribution in [0.4, 0.5) is 18.0 Å². The zero-order valence-corrected chi connectivity index (χ0v) is 20.2. The van der Waals surface area contributed by atoms with Crippen molar-refractivity contribution in [1.82, 2.24) is 24.9 Å². The number of carbonyl (C=O) groups is 1. The quantitative estimate of drug-likeness (QED) is 0.320. The summed E-state index contributed by atoms with van der Waals surface area (Å²) in [6, 6.07) is 3.58. The summed E-state index contributed by atoms with van der Waals surface area (Å²) in [6.45, 7) is 0.318. The monoisotopic (exact) mass is 563 g/mol. The fraction of sp³-hybridized carbons (Fsp3) is 0.200. The number of hydrogen-bond donors (Lipinski definition) is 1. The Morgan fingerprint density at radius 2 is 1.89 bits per heavy atom. The molecule has 0 aliphatic carbocycles. The van der Waals surface area contributed by atoms with Gasteiger partial charge in [-0.2, -0.15) is 13.2 Å². The molecule has 35 heavy (non-hydrogen) atoms. The van der Waals surface area contributed by atoms with Crippen LogP contribution in [0.15, 0.2) is 30.6 Å². The molecule has 1 saturated heterocycles. The van der Waals surface area contributed by atoms with Gasteiger partial charge >= 0.3 is 12.3 Å². The fourth-order valence-electron chi connectivity index (χ4n) is 3.26. The van der Waals surface area contributed by atoms with Crippen LogP contribution in [-0.4, -0.2) is 44.9 Å². The lowest BCUT2D eigenvalue weighted by atomic mass is 10.2. The molecule has 5 rings (SSSR count). The Balaban J connectivity index is 1.40. The molecule has 182 valence electrons. The molecule has 1 aromatic carbocycles. The molecule has 1 fully saturated rings. The number of hydrogen-bond acceptors (Lipinski definition) is 7. The molecule has 1 aliphatic rings. The van der Waals surface area contributed by atoms with Crippen molar-refractivity contribution in [1.29, 1.82) is 0 Å². The van der Waals surface area contributed by atoms with Crippen molar-refractivity contribution in [3.05, 3.63) is 51.2 Å². The Hall–Kier alpha value is -2.80. The van der Waals surface area contributed by atoms with Gasteiger partial charge in [0.15, 0.2) is 10.7 Å². The third-order valence-corrected chi connectivity index (χ3v) is 6.77. The zero-order valence-electron chi connectivity index (χ0n) is 17.1. The Morgan fingerprint density at radius 3 is 2.60 bits per heavy atom. The summed E-state index contributed by atoms with van der Waals surface area (Å²) < 4.78 is 50.9. The number of aromatic nitrogens is 4. The molecule has 0 spiro atoms. The summed E-state index contributed by atoms with van der Waals surface area (Å²) in [5.74, 6) is 0.307. The van der Waals surface area contributed by atoms with Gasteiger partial charge in [-0.15, -0.1) is 10.2 Å². The van der Waals surface area contributed by atoms with Crippen molar-refractivity contribution in [2.75, 3.05) is 13.2 Å². The predicted molar refractivity (Wildman–Crippen MR) is 123 cm³/mol. The highest BCUT2D eigenvalue weighted by atomic mass is 35.5. The number of fused-ring (bicyclic) bond motifs is 1. The van der Waals surface area contributed by atoms with E-state index >= 15 is 0 Å². The van der Waals surface area contributed by atoms with Crippen LogP contribution in [0.2, 0.25) is 15.1 Å². The number of halogens is 6. The van der Waals surface area contributed by atoms with Crippen LogP contribution in [-0.2, 0) is 10.9 Å². The summed E-state index contributed by atoms with van der Waals surface area (Å²) in [4.78, 5) is 15.4. The van der Waals surface area contributed by atoms with Gasteiger partial charge in [-0.1, -0.05) is 46.1 Å². The van der Waals surface area contributed by atoms with Gasteiger partial charge in [0.05, 0.1) is 20.6 Å². The number of benzene rings is 1. The number of ether oxygens (including phenoxy) is 2. The molecule has 0 saturated carbocycles. The maximum absolute atomic E-state index is 13.1. The summed E-state index contributed by atoms with van der Waals surface area (Å²) >= 11 is 19.9. The van der Waals surface area contributed by atoms with Crippen LogP contribution in [0.3, 0.4) is 0 Å². The topological polar surface area (TPSA) is 90.6 Å². The molecule has 8 nitrogen and oxygen atoms in total. The van der Waals surface area contributed by atoms with Crippen LogP contribution >= 0.6 is 46.1 Å². The van der Waals surface area contributed by atoms with E-state index in [4.69, 9.17) is 44.3 Å². The van der Waals surface area contributed by atoms with Crippen molar-refractivity contribution >= 4 is 57.9 Å². The first-order chi connectivity index (χ1) is 16.6. The van der Waals surface area contributed by atoms with Gasteiger partial charge in [0.25, 0.3) is 0 Å². The van der Waals surface area contributed by atoms with E-state index in [0.29, 0.717) is 21.3 Å². The minimum Gasteiger partial charge on any atom is -0.490 e. The third-order valence-electron chi connectivity index (χ3n) is 4.91. The average Bonchev–Trinajstić information content (AvgIpc) is 3.52. The predicted octanol–water partition coefficient (Wildman–Crippen LogP) is 5.99. The molecular weight excluding hydrogens is 554 g/mol. The Labute approximate surface area is 213 Å². The minimum absolute atomic E-state index is 0.136. The van der Waals surface area contributed by atoms with E-state index in [2.05, 4.69) is 20.5 Å². The number of carbonyl (C=O) groups excluding carboxylic acids is 1. The molecule has 0 radical (unpaired) electrons. The molecule has 1 aliphatic heterocycles. The van der Waals surface area contributed by atoms with Crippen molar-refractivity contribution in [2.24, 2.45) is 0 Å². The maximum Gasteiger partial charge on any atom is 0.417 e. The molecule has 1 unspecified atom stereocenters. The third kappa shape index (κ3) is 4.83. The van der Waals surface area contributed by atoms with E-state index in [-0.39, 0.29) is 45.7 Å². The van der Waals surface area contributed by atoms with Crippen LogP contribution in [0, 0.1) is 0 Å². The number of rotatable bonds is 5.